The molecular formula is C27H36F2N4O4. The standard InChI is InChI=1S/C27H36F2N4O4/c1-17(2)20-9-7-8-10-22(20)33(19-11-13-32(14-12-19)26(35)37-27(4,5)6)25(34)31-21-16-30-18(3)15-23(21)36-24(28)29/h7-10,15-17,19,24H,11-14H2,1-6H3,(H,31,34). The van der Waals surface area contributed by atoms with E-state index in [-0.39, 0.29) is 29.5 Å². The van der Waals surface area contributed by atoms with Gasteiger partial charge in [0.1, 0.15) is 11.3 Å². The van der Waals surface area contributed by atoms with Crippen molar-refractivity contribution < 1.29 is 27.8 Å². The molecule has 1 aromatic heterocycles. The molecular weight excluding hydrogens is 482 g/mol. The molecule has 0 saturated carbocycles. The molecule has 0 radical (unpaired) electrons. The second-order valence-electron chi connectivity index (χ2n) is 10.4. The number of pyridine rings is 1. The number of anilines is 2. The highest BCUT2D eigenvalue weighted by molar-refractivity contribution is 6.03. The summed E-state index contributed by atoms with van der Waals surface area (Å²) in [5.74, 6) is -0.0280. The first kappa shape index (κ1) is 28.1. The smallest absolute Gasteiger partial charge is 0.410 e. The largest absolute Gasteiger partial charge is 0.444 e. The third-order valence-corrected chi connectivity index (χ3v) is 5.98. The lowest BCUT2D eigenvalue weighted by atomic mass is 9.97. The molecule has 1 fully saturated rings. The maximum absolute atomic E-state index is 13.8. The third-order valence-electron chi connectivity index (χ3n) is 5.98. The monoisotopic (exact) mass is 518 g/mol. The second kappa shape index (κ2) is 11.7. The molecule has 37 heavy (non-hydrogen) atoms. The Labute approximate surface area is 216 Å². The average molecular weight is 519 g/mol. The van der Waals surface area contributed by atoms with E-state index in [1.165, 1.54) is 12.3 Å². The van der Waals surface area contributed by atoms with Crippen molar-refractivity contribution in [1.29, 1.82) is 0 Å². The number of para-hydroxylation sites is 1. The van der Waals surface area contributed by atoms with E-state index >= 15 is 0 Å². The fourth-order valence-electron chi connectivity index (χ4n) is 4.30. The molecule has 2 heterocycles. The molecule has 0 aliphatic carbocycles. The first-order valence-corrected chi connectivity index (χ1v) is 12.4. The van der Waals surface area contributed by atoms with Crippen molar-refractivity contribution in [2.24, 2.45) is 0 Å². The van der Waals surface area contributed by atoms with Crippen LogP contribution in [-0.4, -0.2) is 53.4 Å². The highest BCUT2D eigenvalue weighted by Gasteiger charge is 2.34. The maximum atomic E-state index is 13.8. The SMILES string of the molecule is Cc1cc(OC(F)F)c(NC(=O)N(c2ccccc2C(C)C)C2CCN(C(=O)OC(C)(C)C)CC2)cn1. The van der Waals surface area contributed by atoms with Gasteiger partial charge in [0.05, 0.1) is 6.20 Å². The van der Waals surface area contributed by atoms with E-state index in [9.17, 15) is 18.4 Å². The van der Waals surface area contributed by atoms with E-state index in [2.05, 4.69) is 15.0 Å². The quantitative estimate of drug-likeness (QED) is 0.469. The number of aryl methyl sites for hydroxylation is 1. The van der Waals surface area contributed by atoms with Gasteiger partial charge in [0, 0.05) is 36.6 Å². The van der Waals surface area contributed by atoms with Gasteiger partial charge in [0.2, 0.25) is 0 Å². The van der Waals surface area contributed by atoms with Crippen LogP contribution >= 0.6 is 0 Å². The minimum Gasteiger partial charge on any atom is -0.444 e. The molecule has 1 saturated heterocycles. The molecule has 0 spiro atoms. The van der Waals surface area contributed by atoms with Crippen molar-refractivity contribution in [3.8, 4) is 5.75 Å². The molecule has 3 rings (SSSR count). The summed E-state index contributed by atoms with van der Waals surface area (Å²) in [6.45, 7) is 8.96. The molecule has 1 N–H and O–H groups in total. The van der Waals surface area contributed by atoms with E-state index < -0.39 is 18.2 Å². The Hall–Kier alpha value is -3.43. The molecule has 1 aliphatic rings. The van der Waals surface area contributed by atoms with Crippen molar-refractivity contribution in [3.63, 3.8) is 0 Å². The van der Waals surface area contributed by atoms with E-state index in [0.717, 1.165) is 11.3 Å². The molecule has 0 bridgehead atoms. The molecule has 0 unspecified atom stereocenters. The average Bonchev–Trinajstić information content (AvgIpc) is 2.80. The van der Waals surface area contributed by atoms with E-state index in [0.29, 0.717) is 31.6 Å². The highest BCUT2D eigenvalue weighted by atomic mass is 19.3. The topological polar surface area (TPSA) is 84.0 Å². The van der Waals surface area contributed by atoms with E-state index in [1.54, 1.807) is 16.7 Å². The van der Waals surface area contributed by atoms with Crippen LogP contribution in [0.4, 0.5) is 29.7 Å². The van der Waals surface area contributed by atoms with Crippen molar-refractivity contribution >= 4 is 23.5 Å². The van der Waals surface area contributed by atoms with Crippen LogP contribution in [0.3, 0.4) is 0 Å². The normalized spacial score (nSPS) is 14.6. The van der Waals surface area contributed by atoms with Crippen LogP contribution in [0, 0.1) is 6.92 Å². The van der Waals surface area contributed by atoms with Crippen molar-refractivity contribution in [2.75, 3.05) is 23.3 Å². The number of benzene rings is 1. The second-order valence-corrected chi connectivity index (χ2v) is 10.4. The van der Waals surface area contributed by atoms with Gasteiger partial charge in [0.15, 0.2) is 5.75 Å². The van der Waals surface area contributed by atoms with Gasteiger partial charge < -0.3 is 19.7 Å². The molecule has 0 atom stereocenters. The number of halogens is 2. The van der Waals surface area contributed by atoms with Gasteiger partial charge in [-0.3, -0.25) is 9.88 Å². The predicted octanol–water partition coefficient (Wildman–Crippen LogP) is 6.55. The molecule has 202 valence electrons. The number of hydrogen-bond acceptors (Lipinski definition) is 5. The number of aromatic nitrogens is 1. The van der Waals surface area contributed by atoms with Crippen LogP contribution < -0.4 is 15.0 Å². The number of nitrogens with one attached hydrogen (secondary N) is 1. The van der Waals surface area contributed by atoms with Gasteiger partial charge in [-0.25, -0.2) is 9.59 Å². The van der Waals surface area contributed by atoms with Crippen LogP contribution in [0.5, 0.6) is 5.75 Å². The number of hydrogen-bond donors (Lipinski definition) is 1. The van der Waals surface area contributed by atoms with E-state index in [4.69, 9.17) is 4.74 Å². The number of carbonyl (C=O) groups excluding carboxylic acids is 2. The zero-order chi connectivity index (χ0) is 27.3. The van der Waals surface area contributed by atoms with Gasteiger partial charge >= 0.3 is 18.7 Å². The number of alkyl halides is 2. The summed E-state index contributed by atoms with van der Waals surface area (Å²) in [5.41, 5.74) is 1.62. The Morgan fingerprint density at radius 2 is 1.81 bits per heavy atom. The fourth-order valence-corrected chi connectivity index (χ4v) is 4.30. The highest BCUT2D eigenvalue weighted by Crippen LogP contribution is 2.33. The van der Waals surface area contributed by atoms with Crippen LogP contribution in [0.15, 0.2) is 36.5 Å². The Kier molecular flexibility index (Phi) is 8.94. The number of carbonyl (C=O) groups is 2. The molecule has 1 aliphatic heterocycles. The van der Waals surface area contributed by atoms with Crippen LogP contribution in [0.1, 0.15) is 64.6 Å². The Morgan fingerprint density at radius 3 is 2.41 bits per heavy atom. The number of likely N-dealkylation sites (tertiary alicyclic amines) is 1. The summed E-state index contributed by atoms with van der Waals surface area (Å²) in [5, 5.41) is 2.73. The molecule has 8 nitrogen and oxygen atoms in total. The zero-order valence-corrected chi connectivity index (χ0v) is 22.3. The van der Waals surface area contributed by atoms with Crippen LogP contribution in [-0.2, 0) is 4.74 Å². The van der Waals surface area contributed by atoms with Gasteiger partial charge in [-0.05, 0) is 58.1 Å². The molecule has 2 aromatic rings. The molecule has 10 heteroatoms. The minimum atomic E-state index is -3.05. The number of urea groups is 1. The van der Waals surface area contributed by atoms with Crippen molar-refractivity contribution in [2.45, 2.75) is 78.6 Å². The minimum absolute atomic E-state index is 0.0501. The van der Waals surface area contributed by atoms with Gasteiger partial charge in [-0.1, -0.05) is 32.0 Å². The lowest BCUT2D eigenvalue weighted by molar-refractivity contribution is -0.0494. The summed E-state index contributed by atoms with van der Waals surface area (Å²) < 4.78 is 36.2. The third kappa shape index (κ3) is 7.53. The Balaban J connectivity index is 1.90. The number of rotatable bonds is 6. The lowest BCUT2D eigenvalue weighted by Gasteiger charge is -2.39. The van der Waals surface area contributed by atoms with Crippen molar-refractivity contribution in [1.82, 2.24) is 9.88 Å². The maximum Gasteiger partial charge on any atom is 0.410 e. The van der Waals surface area contributed by atoms with Crippen LogP contribution in [0.2, 0.25) is 0 Å². The number of ether oxygens (including phenoxy) is 2. The summed E-state index contributed by atoms with van der Waals surface area (Å²) in [4.78, 5) is 33.7. The van der Waals surface area contributed by atoms with Crippen molar-refractivity contribution in [3.05, 3.63) is 47.8 Å². The van der Waals surface area contributed by atoms with Gasteiger partial charge in [-0.15, -0.1) is 0 Å². The Bertz CT molecular complexity index is 1100. The first-order valence-electron chi connectivity index (χ1n) is 12.4. The molecule has 3 amide bonds. The Morgan fingerprint density at radius 1 is 1.16 bits per heavy atom. The first-order chi connectivity index (χ1) is 17.4. The predicted molar refractivity (Wildman–Crippen MR) is 138 cm³/mol. The number of piperidine rings is 1. The summed E-state index contributed by atoms with van der Waals surface area (Å²) >= 11 is 0. The summed E-state index contributed by atoms with van der Waals surface area (Å²) in [7, 11) is 0. The fraction of sp³-hybridized carbons (Fsp3) is 0.519. The summed E-state index contributed by atoms with van der Waals surface area (Å²) in [6.07, 6.45) is 1.96. The number of amides is 3. The van der Waals surface area contributed by atoms with Gasteiger partial charge in [0.25, 0.3) is 0 Å². The van der Waals surface area contributed by atoms with Gasteiger partial charge in [-0.2, -0.15) is 8.78 Å². The zero-order valence-electron chi connectivity index (χ0n) is 22.3. The molecule has 1 aromatic carbocycles. The van der Waals surface area contributed by atoms with Crippen LogP contribution in [0.25, 0.3) is 0 Å². The lowest BCUT2D eigenvalue weighted by Crippen LogP contribution is -2.51. The number of nitrogens with zero attached hydrogens (tertiary/aromatic N) is 3. The summed E-state index contributed by atoms with van der Waals surface area (Å²) in [6, 6.07) is 8.24. The van der Waals surface area contributed by atoms with E-state index in [1.807, 2.05) is 58.9 Å².